The lowest BCUT2D eigenvalue weighted by Gasteiger charge is -2.10. The van der Waals surface area contributed by atoms with Crippen LogP contribution in [-0.4, -0.2) is 21.7 Å². The van der Waals surface area contributed by atoms with Crippen molar-refractivity contribution in [3.8, 4) is 5.75 Å². The molecule has 0 aliphatic heterocycles. The molecule has 0 atom stereocenters. The Kier molecular flexibility index (Phi) is 2.79. The molecule has 0 fully saturated rings. The number of nitrogens with zero attached hydrogens (tertiary/aromatic N) is 1. The fraction of sp³-hybridized carbons (Fsp3) is 0.308. The molecule has 90 valence electrons. The van der Waals surface area contributed by atoms with E-state index in [4.69, 9.17) is 9.84 Å². The lowest BCUT2D eigenvalue weighted by Crippen LogP contribution is -2.05. The van der Waals surface area contributed by atoms with Crippen LogP contribution in [0.3, 0.4) is 0 Å². The van der Waals surface area contributed by atoms with E-state index in [1.165, 1.54) is 0 Å². The zero-order chi connectivity index (χ0) is 12.6. The SMILES string of the molecule is CC(C)Oc1cccc2c1cc(C(=O)O)n2C. The number of fused-ring (bicyclic) bond motifs is 1. The van der Waals surface area contributed by atoms with Crippen molar-refractivity contribution in [2.45, 2.75) is 20.0 Å². The molecule has 0 saturated heterocycles. The molecule has 4 nitrogen and oxygen atoms in total. The van der Waals surface area contributed by atoms with E-state index < -0.39 is 5.97 Å². The first-order valence-corrected chi connectivity index (χ1v) is 5.49. The van der Waals surface area contributed by atoms with Crippen molar-refractivity contribution in [2.24, 2.45) is 7.05 Å². The van der Waals surface area contributed by atoms with Gasteiger partial charge in [-0.15, -0.1) is 0 Å². The third kappa shape index (κ3) is 1.98. The summed E-state index contributed by atoms with van der Waals surface area (Å²) in [5, 5.41) is 9.91. The smallest absolute Gasteiger partial charge is 0.352 e. The second-order valence-corrected chi connectivity index (χ2v) is 4.25. The van der Waals surface area contributed by atoms with Crippen molar-refractivity contribution in [3.63, 3.8) is 0 Å². The number of aromatic carboxylic acids is 1. The number of ether oxygens (including phenoxy) is 1. The molecule has 0 unspecified atom stereocenters. The Balaban J connectivity index is 2.64. The number of carboxylic acid groups (broad SMARTS) is 1. The summed E-state index contributed by atoms with van der Waals surface area (Å²) >= 11 is 0. The van der Waals surface area contributed by atoms with Gasteiger partial charge in [0.2, 0.25) is 0 Å². The number of carboxylic acids is 1. The maximum atomic E-state index is 11.1. The van der Waals surface area contributed by atoms with E-state index >= 15 is 0 Å². The number of aryl methyl sites for hydroxylation is 1. The summed E-state index contributed by atoms with van der Waals surface area (Å²) in [6.45, 7) is 3.89. The third-order valence-corrected chi connectivity index (χ3v) is 2.63. The van der Waals surface area contributed by atoms with Crippen LogP contribution in [0.2, 0.25) is 0 Å². The summed E-state index contributed by atoms with van der Waals surface area (Å²) in [4.78, 5) is 11.1. The molecule has 1 aromatic carbocycles. The highest BCUT2D eigenvalue weighted by molar-refractivity contribution is 5.97. The molecule has 0 aliphatic rings. The van der Waals surface area contributed by atoms with Crippen LogP contribution in [0.4, 0.5) is 0 Å². The van der Waals surface area contributed by atoms with E-state index in [1.807, 2.05) is 32.0 Å². The average Bonchev–Trinajstić information content (AvgIpc) is 2.57. The first-order valence-electron chi connectivity index (χ1n) is 5.49. The first kappa shape index (κ1) is 11.5. The zero-order valence-electron chi connectivity index (χ0n) is 10.1. The van der Waals surface area contributed by atoms with Gasteiger partial charge in [-0.1, -0.05) is 6.07 Å². The van der Waals surface area contributed by atoms with Crippen molar-refractivity contribution in [1.82, 2.24) is 4.57 Å². The van der Waals surface area contributed by atoms with Gasteiger partial charge < -0.3 is 14.4 Å². The number of carbonyl (C=O) groups is 1. The molecular formula is C13H15NO3. The Morgan fingerprint density at radius 2 is 2.12 bits per heavy atom. The van der Waals surface area contributed by atoms with E-state index in [0.29, 0.717) is 0 Å². The molecule has 4 heteroatoms. The fourth-order valence-corrected chi connectivity index (χ4v) is 1.90. The highest BCUT2D eigenvalue weighted by atomic mass is 16.5. The highest BCUT2D eigenvalue weighted by Crippen LogP contribution is 2.29. The number of hydrogen-bond acceptors (Lipinski definition) is 2. The Morgan fingerprint density at radius 1 is 1.41 bits per heavy atom. The van der Waals surface area contributed by atoms with Crippen molar-refractivity contribution >= 4 is 16.9 Å². The summed E-state index contributed by atoms with van der Waals surface area (Å²) in [6, 6.07) is 7.25. The van der Waals surface area contributed by atoms with Crippen LogP contribution in [0.25, 0.3) is 10.9 Å². The van der Waals surface area contributed by atoms with E-state index in [-0.39, 0.29) is 11.8 Å². The van der Waals surface area contributed by atoms with Crippen molar-refractivity contribution in [1.29, 1.82) is 0 Å². The van der Waals surface area contributed by atoms with Crippen LogP contribution in [0.1, 0.15) is 24.3 Å². The highest BCUT2D eigenvalue weighted by Gasteiger charge is 2.14. The molecule has 1 N–H and O–H groups in total. The van der Waals surface area contributed by atoms with Crippen molar-refractivity contribution < 1.29 is 14.6 Å². The van der Waals surface area contributed by atoms with E-state index in [0.717, 1.165) is 16.7 Å². The van der Waals surface area contributed by atoms with E-state index in [9.17, 15) is 4.79 Å². The van der Waals surface area contributed by atoms with Gasteiger partial charge >= 0.3 is 5.97 Å². The number of rotatable bonds is 3. The Hall–Kier alpha value is -1.97. The maximum absolute atomic E-state index is 11.1. The largest absolute Gasteiger partial charge is 0.490 e. The summed E-state index contributed by atoms with van der Waals surface area (Å²) < 4.78 is 7.33. The molecule has 0 saturated carbocycles. The van der Waals surface area contributed by atoms with Crippen LogP contribution in [0.15, 0.2) is 24.3 Å². The predicted molar refractivity (Wildman–Crippen MR) is 65.6 cm³/mol. The first-order chi connectivity index (χ1) is 8.00. The standard InChI is InChI=1S/C13H15NO3/c1-8(2)17-12-6-4-5-10-9(12)7-11(13(15)16)14(10)3/h4-8H,1-3H3,(H,15,16). The summed E-state index contributed by atoms with van der Waals surface area (Å²) in [6.07, 6.45) is 0.0640. The second-order valence-electron chi connectivity index (χ2n) is 4.25. The summed E-state index contributed by atoms with van der Waals surface area (Å²) in [7, 11) is 1.74. The monoisotopic (exact) mass is 233 g/mol. The molecule has 1 heterocycles. The molecule has 0 radical (unpaired) electrons. The topological polar surface area (TPSA) is 51.5 Å². The molecular weight excluding hydrogens is 218 g/mol. The van der Waals surface area contributed by atoms with Crippen LogP contribution in [0, 0.1) is 0 Å². The Bertz CT molecular complexity index is 569. The number of hydrogen-bond donors (Lipinski definition) is 1. The van der Waals surface area contributed by atoms with Crippen LogP contribution in [-0.2, 0) is 7.05 Å². The molecule has 0 bridgehead atoms. The Labute approximate surface area is 99.4 Å². The zero-order valence-corrected chi connectivity index (χ0v) is 10.1. The van der Waals surface area contributed by atoms with Gasteiger partial charge in [0.1, 0.15) is 11.4 Å². The molecule has 0 spiro atoms. The molecule has 17 heavy (non-hydrogen) atoms. The predicted octanol–water partition coefficient (Wildman–Crippen LogP) is 2.66. The number of aromatic nitrogens is 1. The molecule has 1 aromatic heterocycles. The van der Waals surface area contributed by atoms with Gasteiger partial charge in [0.15, 0.2) is 0 Å². The van der Waals surface area contributed by atoms with Crippen molar-refractivity contribution in [2.75, 3.05) is 0 Å². The van der Waals surface area contributed by atoms with Gasteiger partial charge in [0.05, 0.1) is 11.6 Å². The lowest BCUT2D eigenvalue weighted by atomic mass is 10.2. The summed E-state index contributed by atoms with van der Waals surface area (Å²) in [5.74, 6) is -0.209. The van der Waals surface area contributed by atoms with Gasteiger partial charge in [-0.05, 0) is 32.0 Å². The normalized spacial score (nSPS) is 11.1. The van der Waals surface area contributed by atoms with E-state index in [1.54, 1.807) is 17.7 Å². The molecule has 0 aliphatic carbocycles. The summed E-state index contributed by atoms with van der Waals surface area (Å²) in [5.41, 5.74) is 1.13. The van der Waals surface area contributed by atoms with Crippen LogP contribution in [0.5, 0.6) is 5.75 Å². The van der Waals surface area contributed by atoms with Crippen molar-refractivity contribution in [3.05, 3.63) is 30.0 Å². The van der Waals surface area contributed by atoms with Gasteiger partial charge in [-0.25, -0.2) is 4.79 Å². The molecule has 2 aromatic rings. The molecule has 2 rings (SSSR count). The van der Waals surface area contributed by atoms with Gasteiger partial charge in [-0.2, -0.15) is 0 Å². The average molecular weight is 233 g/mol. The van der Waals surface area contributed by atoms with Crippen LogP contribution >= 0.6 is 0 Å². The van der Waals surface area contributed by atoms with Gasteiger partial charge in [-0.3, -0.25) is 0 Å². The quantitative estimate of drug-likeness (QED) is 0.886. The van der Waals surface area contributed by atoms with Gasteiger partial charge in [0.25, 0.3) is 0 Å². The third-order valence-electron chi connectivity index (χ3n) is 2.63. The minimum absolute atomic E-state index is 0.0640. The minimum Gasteiger partial charge on any atom is -0.490 e. The Morgan fingerprint density at radius 3 is 2.71 bits per heavy atom. The van der Waals surface area contributed by atoms with Crippen LogP contribution < -0.4 is 4.74 Å². The number of benzene rings is 1. The second kappa shape index (κ2) is 4.13. The fourth-order valence-electron chi connectivity index (χ4n) is 1.90. The maximum Gasteiger partial charge on any atom is 0.352 e. The van der Waals surface area contributed by atoms with E-state index in [2.05, 4.69) is 0 Å². The van der Waals surface area contributed by atoms with Gasteiger partial charge in [0, 0.05) is 12.4 Å². The minimum atomic E-state index is -0.931. The lowest BCUT2D eigenvalue weighted by molar-refractivity contribution is 0.0687. The molecule has 0 amide bonds.